The van der Waals surface area contributed by atoms with E-state index in [4.69, 9.17) is 34.9 Å². The number of rotatable bonds is 7. The highest BCUT2D eigenvalue weighted by Crippen LogP contribution is 2.35. The zero-order chi connectivity index (χ0) is 16.6. The van der Waals surface area contributed by atoms with Crippen LogP contribution in [0.1, 0.15) is 0 Å². The number of phosphoric ester groups is 2. The van der Waals surface area contributed by atoms with Gasteiger partial charge in [0.15, 0.2) is 12.7 Å². The summed E-state index contributed by atoms with van der Waals surface area (Å²) in [6.07, 6.45) is -1.91. The molecule has 0 fully saturated rings. The van der Waals surface area contributed by atoms with Crippen molar-refractivity contribution in [3.05, 3.63) is 0 Å². The van der Waals surface area contributed by atoms with Crippen molar-refractivity contribution in [3.8, 4) is 0 Å². The molecule has 0 rings (SSSR count). The Bertz CT molecular complexity index is 405. The Morgan fingerprint density at radius 2 is 1.35 bits per heavy atom. The first-order valence-corrected chi connectivity index (χ1v) is 7.33. The average molecular weight is 342 g/mol. The molecule has 0 spiro atoms. The highest BCUT2D eigenvalue weighted by Gasteiger charge is 2.20. The largest absolute Gasteiger partial charge is 0.480 e. The lowest BCUT2D eigenvalue weighted by atomic mass is 10.4. The van der Waals surface area contributed by atoms with Crippen molar-refractivity contribution in [2.45, 2.75) is 6.10 Å². The van der Waals surface area contributed by atoms with Gasteiger partial charge in [0.25, 0.3) is 0 Å². The lowest BCUT2D eigenvalue weighted by Crippen LogP contribution is -2.24. The number of carboxylic acids is 2. The molecule has 1 atom stereocenters. The van der Waals surface area contributed by atoms with Gasteiger partial charge in [-0.3, -0.25) is 9.05 Å². The van der Waals surface area contributed by atoms with E-state index in [1.807, 2.05) is 0 Å². The molecule has 0 aliphatic heterocycles. The SMILES string of the molecule is O=C(O)C(O)COP(=O)(O)O.O=C(O)COP(=O)(O)O. The van der Waals surface area contributed by atoms with Crippen molar-refractivity contribution in [2.24, 2.45) is 0 Å². The maximum atomic E-state index is 9.93. The van der Waals surface area contributed by atoms with Gasteiger partial charge in [-0.2, -0.15) is 0 Å². The molecule has 0 aliphatic rings. The number of aliphatic hydroxyl groups is 1. The molecule has 20 heavy (non-hydrogen) atoms. The van der Waals surface area contributed by atoms with Gasteiger partial charge in [-0.1, -0.05) is 0 Å². The molecule has 0 aromatic rings. The average Bonchev–Trinajstić information content (AvgIpc) is 2.22. The van der Waals surface area contributed by atoms with Crippen molar-refractivity contribution in [1.82, 2.24) is 0 Å². The minimum Gasteiger partial charge on any atom is -0.480 e. The molecule has 15 heteroatoms. The van der Waals surface area contributed by atoms with E-state index in [1.54, 1.807) is 0 Å². The molecule has 0 aromatic heterocycles. The van der Waals surface area contributed by atoms with Gasteiger partial charge >= 0.3 is 27.6 Å². The summed E-state index contributed by atoms with van der Waals surface area (Å²) >= 11 is 0. The predicted octanol–water partition coefficient (Wildman–Crippen LogP) is -2.28. The van der Waals surface area contributed by atoms with Crippen LogP contribution in [0.25, 0.3) is 0 Å². The molecular weight excluding hydrogens is 330 g/mol. The second kappa shape index (κ2) is 9.13. The number of hydrogen-bond acceptors (Lipinski definition) is 7. The van der Waals surface area contributed by atoms with E-state index in [0.717, 1.165) is 0 Å². The van der Waals surface area contributed by atoms with E-state index in [9.17, 15) is 18.7 Å². The normalized spacial score (nSPS) is 13.1. The lowest BCUT2D eigenvalue weighted by molar-refractivity contribution is -0.148. The van der Waals surface area contributed by atoms with Crippen LogP contribution in [-0.2, 0) is 27.8 Å². The zero-order valence-electron chi connectivity index (χ0n) is 9.47. The van der Waals surface area contributed by atoms with Crippen LogP contribution in [0.4, 0.5) is 0 Å². The molecule has 0 heterocycles. The van der Waals surface area contributed by atoms with Crippen molar-refractivity contribution >= 4 is 27.6 Å². The number of phosphoric acid groups is 2. The summed E-state index contributed by atoms with van der Waals surface area (Å²) in [5.41, 5.74) is 0. The van der Waals surface area contributed by atoms with Gasteiger partial charge in [0.1, 0.15) is 0 Å². The van der Waals surface area contributed by atoms with Crippen LogP contribution in [0.3, 0.4) is 0 Å². The second-order valence-electron chi connectivity index (χ2n) is 2.80. The third-order valence-electron chi connectivity index (χ3n) is 1.04. The Balaban J connectivity index is 0. The summed E-state index contributed by atoms with van der Waals surface area (Å²) in [6.45, 7) is -1.91. The molecule has 120 valence electrons. The summed E-state index contributed by atoms with van der Waals surface area (Å²) in [4.78, 5) is 51.3. The van der Waals surface area contributed by atoms with Gasteiger partial charge < -0.3 is 34.9 Å². The fourth-order valence-corrected chi connectivity index (χ4v) is 0.992. The van der Waals surface area contributed by atoms with Crippen LogP contribution in [0.15, 0.2) is 0 Å². The van der Waals surface area contributed by atoms with Gasteiger partial charge in [0.05, 0.1) is 6.61 Å². The van der Waals surface area contributed by atoms with Crippen LogP contribution in [-0.4, -0.2) is 66.1 Å². The minimum absolute atomic E-state index is 0.931. The minimum atomic E-state index is -4.68. The number of carbonyl (C=O) groups is 2. The van der Waals surface area contributed by atoms with Crippen LogP contribution >= 0.6 is 15.6 Å². The first kappa shape index (κ1) is 21.4. The highest BCUT2D eigenvalue weighted by atomic mass is 31.2. The van der Waals surface area contributed by atoms with Crippen molar-refractivity contribution in [1.29, 1.82) is 0 Å². The second-order valence-corrected chi connectivity index (χ2v) is 5.28. The number of aliphatic carboxylic acids is 2. The molecule has 1 unspecified atom stereocenters. The van der Waals surface area contributed by atoms with E-state index in [2.05, 4.69) is 9.05 Å². The maximum Gasteiger partial charge on any atom is 0.470 e. The molecule has 0 saturated heterocycles. The van der Waals surface area contributed by atoms with Crippen LogP contribution < -0.4 is 0 Å². The number of aliphatic hydroxyl groups excluding tert-OH is 1. The molecule has 13 nitrogen and oxygen atoms in total. The molecule has 0 radical (unpaired) electrons. The number of carboxylic acid groups (broad SMARTS) is 2. The van der Waals surface area contributed by atoms with Crippen molar-refractivity contribution < 1.29 is 62.7 Å². The van der Waals surface area contributed by atoms with Gasteiger partial charge in [-0.25, -0.2) is 18.7 Å². The Labute approximate surface area is 110 Å². The van der Waals surface area contributed by atoms with E-state index in [0.29, 0.717) is 0 Å². The summed E-state index contributed by atoms with van der Waals surface area (Å²) in [5.74, 6) is -3.02. The van der Waals surface area contributed by atoms with Gasteiger partial charge in [-0.05, 0) is 0 Å². The fourth-order valence-electron chi connectivity index (χ4n) is 0.378. The third kappa shape index (κ3) is 19.5. The molecule has 0 bridgehead atoms. The summed E-state index contributed by atoms with van der Waals surface area (Å²) in [5, 5.41) is 24.2. The standard InChI is InChI=1S/C3H7O7P.C2H5O6P/c4-2(3(5)6)1-10-11(7,8)9;3-2(4)1-8-9(5,6)7/h2,4H,1H2,(H,5,6)(H2,7,8,9);1H2,(H,3,4)(H2,5,6,7). The molecule has 0 aliphatic carbocycles. The van der Waals surface area contributed by atoms with Crippen LogP contribution in [0, 0.1) is 0 Å². The summed E-state index contributed by atoms with van der Waals surface area (Å²) < 4.78 is 26.9. The van der Waals surface area contributed by atoms with E-state index in [-0.39, 0.29) is 0 Å². The Kier molecular flexibility index (Phi) is 9.78. The van der Waals surface area contributed by atoms with E-state index < -0.39 is 46.9 Å². The fraction of sp³-hybridized carbons (Fsp3) is 0.600. The summed E-state index contributed by atoms with van der Waals surface area (Å²) in [7, 11) is -9.28. The maximum absolute atomic E-state index is 9.93. The van der Waals surface area contributed by atoms with Gasteiger partial charge in [-0.15, -0.1) is 0 Å². The topological polar surface area (TPSA) is 228 Å². The lowest BCUT2D eigenvalue weighted by Gasteiger charge is -2.06. The van der Waals surface area contributed by atoms with E-state index >= 15 is 0 Å². The van der Waals surface area contributed by atoms with Crippen LogP contribution in [0.2, 0.25) is 0 Å². The van der Waals surface area contributed by atoms with Crippen molar-refractivity contribution in [3.63, 3.8) is 0 Å². The Morgan fingerprint density at radius 1 is 0.950 bits per heavy atom. The quantitative estimate of drug-likeness (QED) is 0.242. The first-order valence-electron chi connectivity index (χ1n) is 4.27. The summed E-state index contributed by atoms with van der Waals surface area (Å²) in [6, 6.07) is 0. The molecule has 0 amide bonds. The monoisotopic (exact) mass is 342 g/mol. The molecular formula is C5H12O13P2. The molecule has 7 N–H and O–H groups in total. The van der Waals surface area contributed by atoms with Gasteiger partial charge in [0, 0.05) is 0 Å². The highest BCUT2D eigenvalue weighted by molar-refractivity contribution is 7.46. The number of hydrogen-bond donors (Lipinski definition) is 7. The van der Waals surface area contributed by atoms with Crippen molar-refractivity contribution in [2.75, 3.05) is 13.2 Å². The third-order valence-corrected chi connectivity index (χ3v) is 1.99. The molecule has 0 saturated carbocycles. The zero-order valence-corrected chi connectivity index (χ0v) is 11.3. The Hall–Kier alpha value is -0.880. The van der Waals surface area contributed by atoms with E-state index in [1.165, 1.54) is 0 Å². The predicted molar refractivity (Wildman–Crippen MR) is 57.3 cm³/mol. The van der Waals surface area contributed by atoms with Gasteiger partial charge in [0.2, 0.25) is 0 Å². The first-order chi connectivity index (χ1) is 8.74. The molecule has 0 aromatic carbocycles. The Morgan fingerprint density at radius 3 is 1.55 bits per heavy atom. The smallest absolute Gasteiger partial charge is 0.470 e. The van der Waals surface area contributed by atoms with Crippen LogP contribution in [0.5, 0.6) is 0 Å².